The monoisotopic (exact) mass is 297 g/mol. The van der Waals surface area contributed by atoms with Crippen LogP contribution < -0.4 is 10.5 Å². The summed E-state index contributed by atoms with van der Waals surface area (Å²) in [6, 6.07) is 6.23. The summed E-state index contributed by atoms with van der Waals surface area (Å²) < 4.78 is 6.24. The van der Waals surface area contributed by atoms with Crippen LogP contribution in [0.25, 0.3) is 0 Å². The van der Waals surface area contributed by atoms with Gasteiger partial charge in [0.1, 0.15) is 5.75 Å². The molecule has 2 unspecified atom stereocenters. The molecule has 0 spiro atoms. The maximum absolute atomic E-state index is 6.46. The van der Waals surface area contributed by atoms with Crippen molar-refractivity contribution in [2.75, 3.05) is 7.11 Å². The minimum absolute atomic E-state index is 0.00650. The highest BCUT2D eigenvalue weighted by atomic mass is 79.9. The summed E-state index contributed by atoms with van der Waals surface area (Å²) >= 11 is 3.52. The molecule has 0 saturated heterocycles. The zero-order chi connectivity index (χ0) is 12.5. The summed E-state index contributed by atoms with van der Waals surface area (Å²) in [5.41, 5.74) is 7.74. The number of ether oxygens (including phenoxy) is 1. The molecule has 3 heteroatoms. The molecule has 0 aliphatic heterocycles. The fourth-order valence-corrected chi connectivity index (χ4v) is 3.41. The van der Waals surface area contributed by atoms with Crippen molar-refractivity contribution in [1.29, 1.82) is 0 Å². The van der Waals surface area contributed by atoms with E-state index in [0.29, 0.717) is 0 Å². The first-order valence-electron chi connectivity index (χ1n) is 6.14. The van der Waals surface area contributed by atoms with Crippen molar-refractivity contribution < 1.29 is 4.74 Å². The molecular weight excluding hydrogens is 278 g/mol. The molecule has 1 aliphatic carbocycles. The Balaban J connectivity index is 2.11. The van der Waals surface area contributed by atoms with Crippen molar-refractivity contribution in [3.8, 4) is 5.75 Å². The van der Waals surface area contributed by atoms with Crippen molar-refractivity contribution >= 4 is 15.9 Å². The number of methoxy groups -OCH3 is 1. The molecule has 0 amide bonds. The number of hydrogen-bond acceptors (Lipinski definition) is 2. The van der Waals surface area contributed by atoms with Gasteiger partial charge in [-0.05, 0) is 65.2 Å². The molecule has 2 atom stereocenters. The first kappa shape index (κ1) is 12.9. The molecule has 1 aromatic carbocycles. The van der Waals surface area contributed by atoms with Gasteiger partial charge < -0.3 is 10.5 Å². The number of halogens is 1. The van der Waals surface area contributed by atoms with Gasteiger partial charge in [-0.3, -0.25) is 0 Å². The van der Waals surface area contributed by atoms with Crippen LogP contribution in [-0.4, -0.2) is 12.6 Å². The van der Waals surface area contributed by atoms with Crippen LogP contribution in [0, 0.1) is 5.92 Å². The van der Waals surface area contributed by atoms with Crippen LogP contribution >= 0.6 is 15.9 Å². The van der Waals surface area contributed by atoms with Crippen molar-refractivity contribution in [1.82, 2.24) is 0 Å². The van der Waals surface area contributed by atoms with E-state index in [1.54, 1.807) is 7.11 Å². The van der Waals surface area contributed by atoms with E-state index in [-0.39, 0.29) is 5.54 Å². The minimum Gasteiger partial charge on any atom is -0.496 e. The Morgan fingerprint density at radius 2 is 2.29 bits per heavy atom. The first-order valence-corrected chi connectivity index (χ1v) is 6.93. The molecule has 1 fully saturated rings. The molecule has 1 aromatic rings. The minimum atomic E-state index is -0.00650. The number of rotatable bonds is 3. The fourth-order valence-electron chi connectivity index (χ4n) is 2.82. The third kappa shape index (κ3) is 3.02. The molecular formula is C14H20BrNO. The van der Waals surface area contributed by atoms with Gasteiger partial charge in [0.2, 0.25) is 0 Å². The van der Waals surface area contributed by atoms with E-state index in [4.69, 9.17) is 10.5 Å². The van der Waals surface area contributed by atoms with E-state index in [1.807, 2.05) is 6.07 Å². The van der Waals surface area contributed by atoms with Gasteiger partial charge in [-0.1, -0.05) is 13.0 Å². The quantitative estimate of drug-likeness (QED) is 0.926. The fraction of sp³-hybridized carbons (Fsp3) is 0.571. The molecule has 2 rings (SSSR count). The zero-order valence-corrected chi connectivity index (χ0v) is 12.1. The van der Waals surface area contributed by atoms with E-state index in [2.05, 4.69) is 35.0 Å². The van der Waals surface area contributed by atoms with Crippen molar-refractivity contribution in [2.45, 2.75) is 38.1 Å². The Morgan fingerprint density at radius 1 is 1.53 bits per heavy atom. The average molecular weight is 298 g/mol. The Kier molecular flexibility index (Phi) is 3.79. The third-order valence-corrected chi connectivity index (χ3v) is 4.28. The SMILES string of the molecule is COc1ccc(CC2(N)CCC(C)C2)cc1Br. The second-order valence-electron chi connectivity index (χ2n) is 5.36. The Morgan fingerprint density at radius 3 is 2.82 bits per heavy atom. The number of nitrogens with two attached hydrogens (primary N) is 1. The van der Waals surface area contributed by atoms with Gasteiger partial charge >= 0.3 is 0 Å². The molecule has 1 saturated carbocycles. The van der Waals surface area contributed by atoms with Crippen LogP contribution in [0.4, 0.5) is 0 Å². The Hall–Kier alpha value is -0.540. The second-order valence-corrected chi connectivity index (χ2v) is 6.21. The van der Waals surface area contributed by atoms with E-state index in [9.17, 15) is 0 Å². The van der Waals surface area contributed by atoms with Gasteiger partial charge in [0.05, 0.1) is 11.6 Å². The van der Waals surface area contributed by atoms with E-state index < -0.39 is 0 Å². The van der Waals surface area contributed by atoms with Crippen LogP contribution in [0.2, 0.25) is 0 Å². The number of benzene rings is 1. The van der Waals surface area contributed by atoms with Crippen LogP contribution in [0.5, 0.6) is 5.75 Å². The molecule has 1 aliphatic rings. The average Bonchev–Trinajstić information content (AvgIpc) is 2.58. The van der Waals surface area contributed by atoms with Crippen LogP contribution in [-0.2, 0) is 6.42 Å². The van der Waals surface area contributed by atoms with Crippen molar-refractivity contribution in [2.24, 2.45) is 11.7 Å². The predicted molar refractivity (Wildman–Crippen MR) is 74.3 cm³/mol. The van der Waals surface area contributed by atoms with Gasteiger partial charge in [0.15, 0.2) is 0 Å². The van der Waals surface area contributed by atoms with Crippen molar-refractivity contribution in [3.63, 3.8) is 0 Å². The summed E-state index contributed by atoms with van der Waals surface area (Å²) in [4.78, 5) is 0. The first-order chi connectivity index (χ1) is 8.02. The molecule has 0 heterocycles. The van der Waals surface area contributed by atoms with E-state index in [0.717, 1.165) is 35.4 Å². The molecule has 0 radical (unpaired) electrons. The van der Waals surface area contributed by atoms with Crippen LogP contribution in [0.1, 0.15) is 31.7 Å². The lowest BCUT2D eigenvalue weighted by molar-refractivity contribution is 0.408. The van der Waals surface area contributed by atoms with Gasteiger partial charge in [-0.2, -0.15) is 0 Å². The third-order valence-electron chi connectivity index (χ3n) is 3.66. The molecule has 94 valence electrons. The molecule has 2 N–H and O–H groups in total. The molecule has 2 nitrogen and oxygen atoms in total. The lowest BCUT2D eigenvalue weighted by Gasteiger charge is -2.24. The standard InChI is InChI=1S/C14H20BrNO/c1-10-5-6-14(16,8-10)9-11-3-4-13(17-2)12(15)7-11/h3-4,7,10H,5-6,8-9,16H2,1-2H3. The van der Waals surface area contributed by atoms with Crippen LogP contribution in [0.3, 0.4) is 0 Å². The van der Waals surface area contributed by atoms with Gasteiger partial charge in [0, 0.05) is 5.54 Å². The summed E-state index contributed by atoms with van der Waals surface area (Å²) in [6.45, 7) is 2.29. The Bertz CT molecular complexity index is 407. The predicted octanol–water partition coefficient (Wildman–Crippen LogP) is 3.52. The maximum atomic E-state index is 6.46. The van der Waals surface area contributed by atoms with E-state index >= 15 is 0 Å². The smallest absolute Gasteiger partial charge is 0.133 e. The van der Waals surface area contributed by atoms with E-state index in [1.165, 1.54) is 12.0 Å². The summed E-state index contributed by atoms with van der Waals surface area (Å²) in [7, 11) is 1.68. The summed E-state index contributed by atoms with van der Waals surface area (Å²) in [6.07, 6.45) is 4.49. The van der Waals surface area contributed by atoms with Gasteiger partial charge in [-0.25, -0.2) is 0 Å². The summed E-state index contributed by atoms with van der Waals surface area (Å²) in [5, 5.41) is 0. The lowest BCUT2D eigenvalue weighted by Crippen LogP contribution is -2.39. The topological polar surface area (TPSA) is 35.2 Å². The second kappa shape index (κ2) is 4.99. The lowest BCUT2D eigenvalue weighted by atomic mass is 9.89. The van der Waals surface area contributed by atoms with Crippen molar-refractivity contribution in [3.05, 3.63) is 28.2 Å². The highest BCUT2D eigenvalue weighted by Gasteiger charge is 2.33. The number of hydrogen-bond donors (Lipinski definition) is 1. The summed E-state index contributed by atoms with van der Waals surface area (Å²) in [5.74, 6) is 1.64. The highest BCUT2D eigenvalue weighted by Crippen LogP contribution is 2.36. The normalized spacial score (nSPS) is 28.4. The maximum Gasteiger partial charge on any atom is 0.133 e. The molecule has 0 bridgehead atoms. The largest absolute Gasteiger partial charge is 0.496 e. The molecule has 0 aromatic heterocycles. The molecule has 17 heavy (non-hydrogen) atoms. The highest BCUT2D eigenvalue weighted by molar-refractivity contribution is 9.10. The van der Waals surface area contributed by atoms with Gasteiger partial charge in [-0.15, -0.1) is 0 Å². The Labute approximate surface area is 112 Å². The van der Waals surface area contributed by atoms with Crippen LogP contribution in [0.15, 0.2) is 22.7 Å². The zero-order valence-electron chi connectivity index (χ0n) is 10.5. The van der Waals surface area contributed by atoms with Gasteiger partial charge in [0.25, 0.3) is 0 Å².